The second kappa shape index (κ2) is 16.7. The molecule has 3 N–H and O–H groups in total. The van der Waals surface area contributed by atoms with Gasteiger partial charge in [0, 0.05) is 94.1 Å². The number of amides is 3. The zero-order valence-corrected chi connectivity index (χ0v) is 35.6. The van der Waals surface area contributed by atoms with Crippen LogP contribution in [0.15, 0.2) is 79.1 Å². The first kappa shape index (κ1) is 39.9. The van der Waals surface area contributed by atoms with E-state index >= 15 is 0 Å². The van der Waals surface area contributed by atoms with Gasteiger partial charge in [-0.1, -0.05) is 18.2 Å². The molecule has 11 rings (SSSR count). The first-order valence-corrected chi connectivity index (χ1v) is 22.8. The van der Waals surface area contributed by atoms with Crippen LogP contribution in [-0.2, 0) is 16.1 Å². The molecule has 0 radical (unpaired) electrons. The molecule has 0 spiro atoms. The van der Waals surface area contributed by atoms with Crippen molar-refractivity contribution in [3.8, 4) is 22.8 Å². The number of fused-ring (bicyclic) bond motifs is 2. The summed E-state index contributed by atoms with van der Waals surface area (Å²) in [5.41, 5.74) is 11.8. The Kier molecular flexibility index (Phi) is 10.6. The van der Waals surface area contributed by atoms with Gasteiger partial charge in [0.15, 0.2) is 5.65 Å². The summed E-state index contributed by atoms with van der Waals surface area (Å²) in [7, 11) is 0. The van der Waals surface area contributed by atoms with Crippen LogP contribution in [0, 0.1) is 11.8 Å². The summed E-state index contributed by atoms with van der Waals surface area (Å²) in [6, 6.07) is 24.2. The number of imide groups is 1. The Balaban J connectivity index is 0.612. The average molecular weight is 850 g/mol. The van der Waals surface area contributed by atoms with Crippen LogP contribution in [0.1, 0.15) is 60.5 Å². The fourth-order valence-electron chi connectivity index (χ4n) is 11.0. The summed E-state index contributed by atoms with van der Waals surface area (Å²) in [4.78, 5) is 58.3. The molecule has 0 aliphatic carbocycles. The third-order valence-corrected chi connectivity index (χ3v) is 14.4. The fraction of sp³-hybridized carbons (Fsp3) is 0.458. The van der Waals surface area contributed by atoms with Crippen molar-refractivity contribution in [1.29, 1.82) is 0 Å². The van der Waals surface area contributed by atoms with Gasteiger partial charge in [-0.05, 0) is 111 Å². The number of nitrogens with two attached hydrogens (primary N) is 1. The van der Waals surface area contributed by atoms with Crippen molar-refractivity contribution >= 4 is 40.3 Å². The Bertz CT molecular complexity index is 2500. The quantitative estimate of drug-likeness (QED) is 0.175. The highest BCUT2D eigenvalue weighted by molar-refractivity contribution is 6.05. The van der Waals surface area contributed by atoms with Crippen molar-refractivity contribution in [1.82, 2.24) is 44.7 Å². The second-order valence-corrected chi connectivity index (χ2v) is 18.6. The largest absolute Gasteiger partial charge is 0.457 e. The van der Waals surface area contributed by atoms with Gasteiger partial charge in [0.25, 0.3) is 5.91 Å². The number of carbonyl (C=O) groups excluding carboxylic acids is 3. The molecule has 6 aliphatic heterocycles. The van der Waals surface area contributed by atoms with E-state index in [4.69, 9.17) is 20.6 Å². The number of aromatic nitrogens is 4. The lowest BCUT2D eigenvalue weighted by Crippen LogP contribution is -2.58. The number of hydrogen-bond donors (Lipinski definition) is 2. The highest BCUT2D eigenvalue weighted by Crippen LogP contribution is 2.37. The predicted molar refractivity (Wildman–Crippen MR) is 239 cm³/mol. The number of piperidine rings is 3. The molecule has 5 aromatic rings. The fourth-order valence-corrected chi connectivity index (χ4v) is 11.0. The van der Waals surface area contributed by atoms with Crippen LogP contribution in [0.25, 0.3) is 22.3 Å². The molecule has 15 heteroatoms. The topological polar surface area (TPSA) is 158 Å². The Hall–Kier alpha value is -5.90. The maximum Gasteiger partial charge on any atom is 0.255 e. The highest BCUT2D eigenvalue weighted by Gasteiger charge is 2.41. The highest BCUT2D eigenvalue weighted by atomic mass is 16.5. The number of likely N-dealkylation sites (tertiary alicyclic amines) is 3. The van der Waals surface area contributed by atoms with E-state index in [2.05, 4.69) is 40.6 Å². The SMILES string of the molecule is Nc1ncnc2c1c(-c1ccc(Oc3ccccc3)cc1)nn2C1CCN(C2CCN(CC3CN(CC4CN(c5ccc6c(c5)CN(C5CCC(=O)NC5=O)C6=O)C4)C3)CC2)CC1. The predicted octanol–water partition coefficient (Wildman–Crippen LogP) is 4.80. The van der Waals surface area contributed by atoms with Crippen LogP contribution in [0.2, 0.25) is 0 Å². The lowest BCUT2D eigenvalue weighted by Gasteiger charge is -2.49. The Morgan fingerprint density at radius 2 is 1.46 bits per heavy atom. The number of para-hydroxylation sites is 1. The Morgan fingerprint density at radius 1 is 0.746 bits per heavy atom. The molecule has 326 valence electrons. The number of anilines is 2. The summed E-state index contributed by atoms with van der Waals surface area (Å²) in [6.45, 7) is 11.7. The van der Waals surface area contributed by atoms with Crippen molar-refractivity contribution in [3.05, 3.63) is 90.3 Å². The zero-order chi connectivity index (χ0) is 42.6. The van der Waals surface area contributed by atoms with E-state index in [9.17, 15) is 14.4 Å². The number of benzene rings is 3. The van der Waals surface area contributed by atoms with E-state index in [1.54, 1.807) is 11.2 Å². The minimum atomic E-state index is -0.580. The number of hydrogen-bond acceptors (Lipinski definition) is 12. The van der Waals surface area contributed by atoms with Crippen LogP contribution in [-0.4, -0.2) is 135 Å². The van der Waals surface area contributed by atoms with E-state index in [1.165, 1.54) is 45.6 Å². The number of nitrogen functional groups attached to an aromatic ring is 1. The summed E-state index contributed by atoms with van der Waals surface area (Å²) < 4.78 is 8.14. The van der Waals surface area contributed by atoms with Gasteiger partial charge < -0.3 is 35.0 Å². The lowest BCUT2D eigenvalue weighted by atomic mass is 9.92. The molecule has 0 bridgehead atoms. The van der Waals surface area contributed by atoms with Gasteiger partial charge in [-0.2, -0.15) is 5.10 Å². The third kappa shape index (κ3) is 7.91. The molecular formula is C48H55N11O4. The van der Waals surface area contributed by atoms with Crippen LogP contribution < -0.4 is 20.7 Å². The maximum absolute atomic E-state index is 13.1. The van der Waals surface area contributed by atoms with Gasteiger partial charge in [0.05, 0.1) is 11.4 Å². The van der Waals surface area contributed by atoms with Crippen LogP contribution >= 0.6 is 0 Å². The molecule has 2 aromatic heterocycles. The molecule has 3 aromatic carbocycles. The lowest BCUT2D eigenvalue weighted by molar-refractivity contribution is -0.136. The number of nitrogens with zero attached hydrogens (tertiary/aromatic N) is 9. The molecule has 15 nitrogen and oxygen atoms in total. The molecule has 1 atom stereocenters. The van der Waals surface area contributed by atoms with Gasteiger partial charge in [-0.25, -0.2) is 14.6 Å². The second-order valence-electron chi connectivity index (χ2n) is 18.6. The third-order valence-electron chi connectivity index (χ3n) is 14.4. The summed E-state index contributed by atoms with van der Waals surface area (Å²) >= 11 is 0. The van der Waals surface area contributed by atoms with Crippen molar-refractivity contribution in [2.24, 2.45) is 11.8 Å². The van der Waals surface area contributed by atoms with Crippen LogP contribution in [0.4, 0.5) is 11.5 Å². The van der Waals surface area contributed by atoms with Gasteiger partial charge >= 0.3 is 0 Å². The molecular weight excluding hydrogens is 795 g/mol. The minimum absolute atomic E-state index is 0.118. The molecule has 8 heterocycles. The van der Waals surface area contributed by atoms with Crippen molar-refractivity contribution in [2.45, 2.75) is 63.2 Å². The van der Waals surface area contributed by atoms with Crippen molar-refractivity contribution in [3.63, 3.8) is 0 Å². The molecule has 6 aliphatic rings. The standard InChI is InChI=1S/C48H55N11O4/c49-45-43-44(33-6-9-39(10-7-33)63-38-4-2-1-3-5-38)53-59(46(43)51-30-50-45)36-16-20-56(21-17-36)35-14-18-54(19-15-35)23-31-24-55(25-31)26-32-27-57(28-32)37-8-11-40-34(22-37)29-58(48(40)62)41-12-13-42(60)52-47(41)61/h1-11,22,30-32,35-36,41H,12-21,23-29H2,(H2,49,50,51)(H,52,60,61). The molecule has 0 saturated carbocycles. The number of nitrogens with one attached hydrogen (secondary N) is 1. The van der Waals surface area contributed by atoms with E-state index in [1.807, 2.05) is 66.7 Å². The Morgan fingerprint density at radius 3 is 2.22 bits per heavy atom. The maximum atomic E-state index is 13.1. The molecule has 63 heavy (non-hydrogen) atoms. The van der Waals surface area contributed by atoms with Crippen molar-refractivity contribution < 1.29 is 19.1 Å². The van der Waals surface area contributed by atoms with Crippen LogP contribution in [0.5, 0.6) is 11.5 Å². The molecule has 1 unspecified atom stereocenters. The first-order chi connectivity index (χ1) is 30.8. The monoisotopic (exact) mass is 849 g/mol. The summed E-state index contributed by atoms with van der Waals surface area (Å²) in [5, 5.41) is 8.35. The van der Waals surface area contributed by atoms with Gasteiger partial charge in [0.1, 0.15) is 35.4 Å². The van der Waals surface area contributed by atoms with E-state index in [-0.39, 0.29) is 30.2 Å². The van der Waals surface area contributed by atoms with Gasteiger partial charge in [-0.15, -0.1) is 0 Å². The number of carbonyl (C=O) groups is 3. The smallest absolute Gasteiger partial charge is 0.255 e. The summed E-state index contributed by atoms with van der Waals surface area (Å²) in [5.74, 6) is 2.66. The number of ether oxygens (including phenoxy) is 1. The van der Waals surface area contributed by atoms with E-state index < -0.39 is 6.04 Å². The molecule has 3 amide bonds. The average Bonchev–Trinajstić information content (AvgIpc) is 3.83. The molecule has 5 fully saturated rings. The number of rotatable bonds is 11. The van der Waals surface area contributed by atoms with Crippen molar-refractivity contribution in [2.75, 3.05) is 76.1 Å². The van der Waals surface area contributed by atoms with E-state index in [0.29, 0.717) is 36.3 Å². The van der Waals surface area contributed by atoms with E-state index in [0.717, 1.165) is 96.5 Å². The van der Waals surface area contributed by atoms with Gasteiger partial charge in [0.2, 0.25) is 11.8 Å². The Labute approximate surface area is 367 Å². The molecule has 5 saturated heterocycles. The first-order valence-electron chi connectivity index (χ1n) is 22.8. The summed E-state index contributed by atoms with van der Waals surface area (Å²) in [6.07, 6.45) is 6.71. The normalized spacial score (nSPS) is 22.3. The van der Waals surface area contributed by atoms with Crippen LogP contribution in [0.3, 0.4) is 0 Å². The minimum Gasteiger partial charge on any atom is -0.457 e. The van der Waals surface area contributed by atoms with Gasteiger partial charge in [-0.3, -0.25) is 19.7 Å². The zero-order valence-electron chi connectivity index (χ0n) is 35.6.